The largest absolute Gasteiger partial charge is 0.493 e. The lowest BCUT2D eigenvalue weighted by Crippen LogP contribution is -2.50. The Bertz CT molecular complexity index is 488. The fraction of sp³-hybridized carbons (Fsp3) is 0.647. The van der Waals surface area contributed by atoms with E-state index in [1.54, 1.807) is 0 Å². The predicted molar refractivity (Wildman–Crippen MR) is 87.5 cm³/mol. The van der Waals surface area contributed by atoms with Gasteiger partial charge in [-0.05, 0) is 57.0 Å². The smallest absolute Gasteiger partial charge is 0.125 e. The maximum Gasteiger partial charge on any atom is 0.125 e. The van der Waals surface area contributed by atoms with Crippen molar-refractivity contribution in [3.63, 3.8) is 0 Å². The number of hydrogen-bond acceptors (Lipinski definition) is 3. The van der Waals surface area contributed by atoms with Crippen molar-refractivity contribution in [1.82, 2.24) is 5.32 Å². The number of rotatable bonds is 7. The molecule has 1 N–H and O–H groups in total. The maximum atomic E-state index is 6.26. The normalized spacial score (nSPS) is 15.7. The highest BCUT2D eigenvalue weighted by Gasteiger charge is 2.31. The first-order valence-electron chi connectivity index (χ1n) is 7.79. The molecule has 0 spiro atoms. The van der Waals surface area contributed by atoms with Gasteiger partial charge in [-0.3, -0.25) is 0 Å². The van der Waals surface area contributed by atoms with Crippen molar-refractivity contribution in [3.8, 4) is 5.75 Å². The molecule has 1 unspecified atom stereocenters. The lowest BCUT2D eigenvalue weighted by Gasteiger charge is -2.35. The summed E-state index contributed by atoms with van der Waals surface area (Å²) in [5.74, 6) is 1.02. The van der Waals surface area contributed by atoms with Gasteiger partial charge in [0.2, 0.25) is 0 Å². The van der Waals surface area contributed by atoms with Crippen LogP contribution in [0.25, 0.3) is 0 Å². The van der Waals surface area contributed by atoms with Crippen LogP contribution in [0.1, 0.15) is 38.8 Å². The second kappa shape index (κ2) is 6.99. The molecule has 21 heavy (non-hydrogen) atoms. The van der Waals surface area contributed by atoms with Gasteiger partial charge in [-0.25, -0.2) is 0 Å². The summed E-state index contributed by atoms with van der Waals surface area (Å²) in [7, 11) is 0. The Labute approximate surface area is 133 Å². The molecule has 0 saturated carbocycles. The molecule has 2 rings (SSSR count). The molecule has 118 valence electrons. The molecule has 0 radical (unpaired) electrons. The second-order valence-electron chi connectivity index (χ2n) is 6.00. The van der Waals surface area contributed by atoms with Crippen LogP contribution in [0.3, 0.4) is 0 Å². The minimum absolute atomic E-state index is 0.217. The SMILES string of the molecule is CCNC(Cc1cc(Cl)cc2c1OCC2)C(C)(C)OCC. The number of hydrogen-bond donors (Lipinski definition) is 1. The van der Waals surface area contributed by atoms with Crippen molar-refractivity contribution in [1.29, 1.82) is 0 Å². The molecule has 4 heteroatoms. The van der Waals surface area contributed by atoms with Crippen LogP contribution in [0, 0.1) is 0 Å². The standard InChI is InChI=1S/C17H26ClNO2/c1-5-19-15(17(3,4)21-6-2)11-13-10-14(18)9-12-7-8-20-16(12)13/h9-10,15,19H,5-8,11H2,1-4H3. The molecule has 1 aromatic carbocycles. The van der Waals surface area contributed by atoms with Gasteiger partial charge in [0.15, 0.2) is 0 Å². The molecule has 3 nitrogen and oxygen atoms in total. The van der Waals surface area contributed by atoms with Gasteiger partial charge < -0.3 is 14.8 Å². The monoisotopic (exact) mass is 311 g/mol. The van der Waals surface area contributed by atoms with Crippen molar-refractivity contribution in [3.05, 3.63) is 28.3 Å². The van der Waals surface area contributed by atoms with Gasteiger partial charge >= 0.3 is 0 Å². The Morgan fingerprint density at radius 3 is 2.81 bits per heavy atom. The molecular formula is C17H26ClNO2. The van der Waals surface area contributed by atoms with Crippen LogP contribution in [0.2, 0.25) is 5.02 Å². The molecule has 0 fully saturated rings. The first-order chi connectivity index (χ1) is 9.97. The van der Waals surface area contributed by atoms with Crippen LogP contribution < -0.4 is 10.1 Å². The van der Waals surface area contributed by atoms with Crippen LogP contribution >= 0.6 is 11.6 Å². The van der Waals surface area contributed by atoms with Gasteiger partial charge in [0.05, 0.1) is 12.2 Å². The summed E-state index contributed by atoms with van der Waals surface area (Å²) in [6, 6.07) is 4.26. The van der Waals surface area contributed by atoms with E-state index in [0.29, 0.717) is 6.61 Å². The summed E-state index contributed by atoms with van der Waals surface area (Å²) in [6.07, 6.45) is 1.80. The van der Waals surface area contributed by atoms with Gasteiger partial charge in [-0.1, -0.05) is 18.5 Å². The lowest BCUT2D eigenvalue weighted by molar-refractivity contribution is -0.0377. The topological polar surface area (TPSA) is 30.5 Å². The van der Waals surface area contributed by atoms with Crippen LogP contribution in [0.15, 0.2) is 12.1 Å². The van der Waals surface area contributed by atoms with Crippen molar-refractivity contribution in [2.75, 3.05) is 19.8 Å². The third kappa shape index (κ3) is 3.91. The average molecular weight is 312 g/mol. The van der Waals surface area contributed by atoms with Gasteiger partial charge in [0.25, 0.3) is 0 Å². The number of ether oxygens (including phenoxy) is 2. The van der Waals surface area contributed by atoms with Crippen molar-refractivity contribution >= 4 is 11.6 Å². The summed E-state index contributed by atoms with van der Waals surface area (Å²) in [6.45, 7) is 10.8. The number of nitrogens with one attached hydrogen (secondary N) is 1. The first kappa shape index (κ1) is 16.6. The average Bonchev–Trinajstić information content (AvgIpc) is 2.86. The molecule has 1 atom stereocenters. The number of benzene rings is 1. The van der Waals surface area contributed by atoms with Crippen LogP contribution in [-0.2, 0) is 17.6 Å². The number of likely N-dealkylation sites (N-methyl/N-ethyl adjacent to an activating group) is 1. The zero-order chi connectivity index (χ0) is 15.5. The quantitative estimate of drug-likeness (QED) is 0.834. The predicted octanol–water partition coefficient (Wildman–Crippen LogP) is 3.61. The molecule has 1 aromatic rings. The van der Waals surface area contributed by atoms with Crippen LogP contribution in [0.5, 0.6) is 5.75 Å². The maximum absolute atomic E-state index is 6.26. The van der Waals surface area contributed by atoms with Crippen molar-refractivity contribution < 1.29 is 9.47 Å². The molecule has 0 aromatic heterocycles. The highest BCUT2D eigenvalue weighted by atomic mass is 35.5. The third-order valence-corrected chi connectivity index (χ3v) is 4.27. The minimum Gasteiger partial charge on any atom is -0.493 e. The van der Waals surface area contributed by atoms with Gasteiger partial charge in [0.1, 0.15) is 5.75 Å². The van der Waals surface area contributed by atoms with Crippen LogP contribution in [0.4, 0.5) is 0 Å². The zero-order valence-corrected chi connectivity index (χ0v) is 14.2. The van der Waals surface area contributed by atoms with E-state index in [0.717, 1.165) is 36.8 Å². The van der Waals surface area contributed by atoms with Crippen molar-refractivity contribution in [2.45, 2.75) is 52.2 Å². The summed E-state index contributed by atoms with van der Waals surface area (Å²) < 4.78 is 11.7. The molecule has 0 aliphatic carbocycles. The summed E-state index contributed by atoms with van der Waals surface area (Å²) in [5, 5.41) is 4.33. The van der Waals surface area contributed by atoms with E-state index < -0.39 is 0 Å². The molecule has 1 aliphatic rings. The molecule has 0 saturated heterocycles. The highest BCUT2D eigenvalue weighted by molar-refractivity contribution is 6.30. The molecule has 0 bridgehead atoms. The fourth-order valence-electron chi connectivity index (χ4n) is 3.00. The Hall–Kier alpha value is -0.770. The molecule has 1 aliphatic heterocycles. The number of halogens is 1. The van der Waals surface area contributed by atoms with E-state index in [2.05, 4.69) is 26.1 Å². The summed E-state index contributed by atoms with van der Waals surface area (Å²) in [4.78, 5) is 0. The van der Waals surface area contributed by atoms with E-state index in [4.69, 9.17) is 21.1 Å². The zero-order valence-electron chi connectivity index (χ0n) is 13.5. The van der Waals surface area contributed by atoms with Crippen molar-refractivity contribution in [2.24, 2.45) is 0 Å². The minimum atomic E-state index is -0.238. The van der Waals surface area contributed by atoms with E-state index in [9.17, 15) is 0 Å². The fourth-order valence-corrected chi connectivity index (χ4v) is 3.26. The van der Waals surface area contributed by atoms with Crippen LogP contribution in [-0.4, -0.2) is 31.4 Å². The Morgan fingerprint density at radius 1 is 1.38 bits per heavy atom. The van der Waals surface area contributed by atoms with E-state index in [-0.39, 0.29) is 11.6 Å². The highest BCUT2D eigenvalue weighted by Crippen LogP contribution is 2.34. The van der Waals surface area contributed by atoms with E-state index in [1.165, 1.54) is 11.1 Å². The number of fused-ring (bicyclic) bond motifs is 1. The van der Waals surface area contributed by atoms with E-state index in [1.807, 2.05) is 19.1 Å². The van der Waals surface area contributed by atoms with Gasteiger partial charge in [-0.2, -0.15) is 0 Å². The summed E-state index contributed by atoms with van der Waals surface area (Å²) >= 11 is 6.26. The summed E-state index contributed by atoms with van der Waals surface area (Å²) in [5.41, 5.74) is 2.16. The first-order valence-corrected chi connectivity index (χ1v) is 8.17. The molecule has 0 amide bonds. The third-order valence-electron chi connectivity index (χ3n) is 4.06. The second-order valence-corrected chi connectivity index (χ2v) is 6.44. The Morgan fingerprint density at radius 2 is 2.14 bits per heavy atom. The lowest BCUT2D eigenvalue weighted by atomic mass is 9.91. The Kier molecular flexibility index (Phi) is 5.53. The van der Waals surface area contributed by atoms with Gasteiger partial charge in [0, 0.05) is 24.1 Å². The molecular weight excluding hydrogens is 286 g/mol. The van der Waals surface area contributed by atoms with E-state index >= 15 is 0 Å². The Balaban J connectivity index is 2.25. The van der Waals surface area contributed by atoms with Gasteiger partial charge in [-0.15, -0.1) is 0 Å². The molecule has 1 heterocycles.